The molecular formula is C8H14F3NO2. The van der Waals surface area contributed by atoms with E-state index in [-0.39, 0.29) is 18.9 Å². The first-order valence-corrected chi connectivity index (χ1v) is 4.30. The summed E-state index contributed by atoms with van der Waals surface area (Å²) in [6, 6.07) is 0. The molecule has 0 aromatic heterocycles. The van der Waals surface area contributed by atoms with E-state index in [1.165, 1.54) is 7.11 Å². The number of nitrogens with one attached hydrogen (secondary N) is 1. The van der Waals surface area contributed by atoms with Crippen LogP contribution in [-0.2, 0) is 9.53 Å². The molecule has 0 rings (SSSR count). The number of hydrogen-bond donors (Lipinski definition) is 1. The summed E-state index contributed by atoms with van der Waals surface area (Å²) in [5, 5.41) is 2.59. The minimum Gasteiger partial charge on any atom is -0.469 e. The van der Waals surface area contributed by atoms with E-state index in [9.17, 15) is 18.0 Å². The number of rotatable bonds is 6. The van der Waals surface area contributed by atoms with E-state index in [0.717, 1.165) is 0 Å². The molecule has 0 atom stereocenters. The molecule has 0 fully saturated rings. The van der Waals surface area contributed by atoms with Crippen LogP contribution in [0, 0.1) is 0 Å². The fraction of sp³-hybridized carbons (Fsp3) is 0.875. The summed E-state index contributed by atoms with van der Waals surface area (Å²) >= 11 is 0. The van der Waals surface area contributed by atoms with E-state index in [2.05, 4.69) is 10.1 Å². The lowest BCUT2D eigenvalue weighted by Crippen LogP contribution is -2.23. The molecule has 0 aliphatic rings. The third kappa shape index (κ3) is 9.31. The van der Waals surface area contributed by atoms with E-state index in [1.54, 1.807) is 0 Å². The molecular weight excluding hydrogens is 199 g/mol. The van der Waals surface area contributed by atoms with Gasteiger partial charge in [-0.15, -0.1) is 0 Å². The molecule has 6 heteroatoms. The van der Waals surface area contributed by atoms with Crippen molar-refractivity contribution in [3.05, 3.63) is 0 Å². The number of carbonyl (C=O) groups is 1. The van der Waals surface area contributed by atoms with Crippen LogP contribution in [0.1, 0.15) is 19.3 Å². The summed E-state index contributed by atoms with van der Waals surface area (Å²) in [6.45, 7) is 0.288. The van der Waals surface area contributed by atoms with Crippen LogP contribution >= 0.6 is 0 Å². The van der Waals surface area contributed by atoms with Gasteiger partial charge in [0.15, 0.2) is 0 Å². The maximum atomic E-state index is 11.6. The highest BCUT2D eigenvalue weighted by molar-refractivity contribution is 5.68. The molecule has 1 N–H and O–H groups in total. The van der Waals surface area contributed by atoms with Crippen molar-refractivity contribution in [1.29, 1.82) is 0 Å². The Morgan fingerprint density at radius 1 is 1.36 bits per heavy atom. The minimum atomic E-state index is -4.12. The van der Waals surface area contributed by atoms with Gasteiger partial charge in [0.05, 0.1) is 13.5 Å². The standard InChI is InChI=1S/C8H14F3NO2/c1-14-7(13)3-2-5-12-6-4-8(9,10)11/h12H,2-6H2,1H3. The SMILES string of the molecule is COC(=O)CCCNCCC(F)(F)F. The fourth-order valence-corrected chi connectivity index (χ4v) is 0.815. The van der Waals surface area contributed by atoms with Crippen molar-refractivity contribution in [2.24, 2.45) is 0 Å². The zero-order valence-corrected chi connectivity index (χ0v) is 7.99. The van der Waals surface area contributed by atoms with Crippen molar-refractivity contribution in [2.45, 2.75) is 25.4 Å². The Bertz CT molecular complexity index is 170. The summed E-state index contributed by atoms with van der Waals surface area (Å²) in [7, 11) is 1.28. The zero-order chi connectivity index (χ0) is 11.0. The van der Waals surface area contributed by atoms with Gasteiger partial charge in [-0.2, -0.15) is 13.2 Å². The average molecular weight is 213 g/mol. The smallest absolute Gasteiger partial charge is 0.390 e. The second-order valence-electron chi connectivity index (χ2n) is 2.79. The monoisotopic (exact) mass is 213 g/mol. The van der Waals surface area contributed by atoms with E-state index < -0.39 is 12.6 Å². The Hall–Kier alpha value is -0.780. The molecule has 0 saturated carbocycles. The van der Waals surface area contributed by atoms with Crippen LogP contribution in [0.3, 0.4) is 0 Å². The van der Waals surface area contributed by atoms with Crippen LogP contribution in [-0.4, -0.2) is 32.3 Å². The number of methoxy groups -OCH3 is 1. The molecule has 0 unspecified atom stereocenters. The van der Waals surface area contributed by atoms with Gasteiger partial charge in [0.25, 0.3) is 0 Å². The van der Waals surface area contributed by atoms with Crippen molar-refractivity contribution in [2.75, 3.05) is 20.2 Å². The van der Waals surface area contributed by atoms with Gasteiger partial charge in [-0.25, -0.2) is 0 Å². The quantitative estimate of drug-likeness (QED) is 0.536. The molecule has 14 heavy (non-hydrogen) atoms. The Morgan fingerprint density at radius 2 is 2.00 bits per heavy atom. The van der Waals surface area contributed by atoms with E-state index in [4.69, 9.17) is 0 Å². The van der Waals surface area contributed by atoms with Crippen LogP contribution in [0.15, 0.2) is 0 Å². The Balaban J connectivity index is 3.18. The van der Waals surface area contributed by atoms with Crippen LogP contribution in [0.5, 0.6) is 0 Å². The molecule has 0 aromatic rings. The van der Waals surface area contributed by atoms with Gasteiger partial charge in [0.1, 0.15) is 0 Å². The molecule has 0 aliphatic heterocycles. The molecule has 0 bridgehead atoms. The Kier molecular flexibility index (Phi) is 6.27. The molecule has 3 nitrogen and oxygen atoms in total. The van der Waals surface area contributed by atoms with E-state index in [0.29, 0.717) is 13.0 Å². The van der Waals surface area contributed by atoms with E-state index >= 15 is 0 Å². The fourth-order valence-electron chi connectivity index (χ4n) is 0.815. The van der Waals surface area contributed by atoms with Gasteiger partial charge in [0, 0.05) is 13.0 Å². The molecule has 84 valence electrons. The minimum absolute atomic E-state index is 0.106. The molecule has 0 spiro atoms. The highest BCUT2D eigenvalue weighted by Gasteiger charge is 2.25. The number of hydrogen-bond acceptors (Lipinski definition) is 3. The highest BCUT2D eigenvalue weighted by atomic mass is 19.4. The third-order valence-electron chi connectivity index (χ3n) is 1.55. The predicted octanol–water partition coefficient (Wildman–Crippen LogP) is 1.48. The largest absolute Gasteiger partial charge is 0.469 e. The molecule has 0 radical (unpaired) electrons. The summed E-state index contributed by atoms with van der Waals surface area (Å²) in [4.78, 5) is 10.6. The van der Waals surface area contributed by atoms with Crippen LogP contribution < -0.4 is 5.32 Å². The third-order valence-corrected chi connectivity index (χ3v) is 1.55. The van der Waals surface area contributed by atoms with Gasteiger partial charge in [-0.3, -0.25) is 4.79 Å². The van der Waals surface area contributed by atoms with Crippen molar-refractivity contribution in [3.8, 4) is 0 Å². The topological polar surface area (TPSA) is 38.3 Å². The lowest BCUT2D eigenvalue weighted by Gasteiger charge is -2.06. The van der Waals surface area contributed by atoms with Gasteiger partial charge < -0.3 is 10.1 Å². The number of ether oxygens (including phenoxy) is 1. The zero-order valence-electron chi connectivity index (χ0n) is 7.99. The second kappa shape index (κ2) is 6.64. The molecule has 0 aliphatic carbocycles. The molecule has 0 saturated heterocycles. The van der Waals surface area contributed by atoms with Gasteiger partial charge >= 0.3 is 12.1 Å². The first kappa shape index (κ1) is 13.2. The number of esters is 1. The Labute approximate surface area is 80.6 Å². The molecule has 0 amide bonds. The molecule has 0 aromatic carbocycles. The first-order chi connectivity index (χ1) is 6.45. The lowest BCUT2D eigenvalue weighted by atomic mass is 10.3. The van der Waals surface area contributed by atoms with E-state index in [1.807, 2.05) is 0 Å². The van der Waals surface area contributed by atoms with Crippen LogP contribution in [0.4, 0.5) is 13.2 Å². The van der Waals surface area contributed by atoms with Gasteiger partial charge in [-0.1, -0.05) is 0 Å². The summed E-state index contributed by atoms with van der Waals surface area (Å²) in [6.07, 6.45) is -4.24. The molecule has 0 heterocycles. The van der Waals surface area contributed by atoms with Crippen LogP contribution in [0.25, 0.3) is 0 Å². The summed E-state index contributed by atoms with van der Waals surface area (Å²) < 4.78 is 39.3. The van der Waals surface area contributed by atoms with Crippen molar-refractivity contribution in [3.63, 3.8) is 0 Å². The second-order valence-corrected chi connectivity index (χ2v) is 2.79. The van der Waals surface area contributed by atoms with Crippen molar-refractivity contribution >= 4 is 5.97 Å². The maximum Gasteiger partial charge on any atom is 0.390 e. The number of halogens is 3. The highest BCUT2D eigenvalue weighted by Crippen LogP contribution is 2.17. The first-order valence-electron chi connectivity index (χ1n) is 4.30. The maximum absolute atomic E-state index is 11.6. The number of carbonyl (C=O) groups excluding carboxylic acids is 1. The average Bonchev–Trinajstić information content (AvgIpc) is 2.08. The van der Waals surface area contributed by atoms with Gasteiger partial charge in [-0.05, 0) is 13.0 Å². The van der Waals surface area contributed by atoms with Crippen molar-refractivity contribution < 1.29 is 22.7 Å². The summed E-state index contributed by atoms with van der Waals surface area (Å²) in [5.74, 6) is -0.345. The normalized spacial score (nSPS) is 11.4. The Morgan fingerprint density at radius 3 is 2.50 bits per heavy atom. The lowest BCUT2D eigenvalue weighted by molar-refractivity contribution is -0.141. The summed E-state index contributed by atoms with van der Waals surface area (Å²) in [5.41, 5.74) is 0. The predicted molar refractivity (Wildman–Crippen MR) is 44.8 cm³/mol. The van der Waals surface area contributed by atoms with Crippen LogP contribution in [0.2, 0.25) is 0 Å². The van der Waals surface area contributed by atoms with Gasteiger partial charge in [0.2, 0.25) is 0 Å². The van der Waals surface area contributed by atoms with Crippen molar-refractivity contribution in [1.82, 2.24) is 5.32 Å². The number of alkyl halides is 3.